The van der Waals surface area contributed by atoms with Crippen LogP contribution in [-0.4, -0.2) is 36.1 Å². The van der Waals surface area contributed by atoms with E-state index in [2.05, 4.69) is 0 Å². The van der Waals surface area contributed by atoms with E-state index >= 15 is 0 Å². The van der Waals surface area contributed by atoms with Gasteiger partial charge in [0.15, 0.2) is 0 Å². The number of imide groups is 1. The average molecular weight is 471 g/mol. The molecule has 8 heteroatoms. The molecule has 3 aromatic carbocycles. The fourth-order valence-electron chi connectivity index (χ4n) is 5.49. The highest BCUT2D eigenvalue weighted by Gasteiger charge is 2.75. The number of ketones is 2. The summed E-state index contributed by atoms with van der Waals surface area (Å²) in [7, 11) is 1.49. The molecule has 2 fully saturated rings. The third-order valence-corrected chi connectivity index (χ3v) is 7.06. The molecule has 0 saturated carbocycles. The van der Waals surface area contributed by atoms with Gasteiger partial charge >= 0.3 is 0 Å². The summed E-state index contributed by atoms with van der Waals surface area (Å²) in [4.78, 5) is 55.8. The Kier molecular flexibility index (Phi) is 4.53. The zero-order chi connectivity index (χ0) is 24.5. The van der Waals surface area contributed by atoms with Crippen LogP contribution in [0.15, 0.2) is 72.8 Å². The molecule has 2 heterocycles. The van der Waals surface area contributed by atoms with Crippen molar-refractivity contribution < 1.29 is 33.0 Å². The lowest BCUT2D eigenvalue weighted by Crippen LogP contribution is -2.51. The Hall–Kier alpha value is -4.17. The molecule has 0 unspecified atom stereocenters. The molecule has 3 atom stereocenters. The first kappa shape index (κ1) is 21.4. The van der Waals surface area contributed by atoms with Crippen molar-refractivity contribution in [3.63, 3.8) is 0 Å². The second-order valence-corrected chi connectivity index (χ2v) is 8.71. The minimum Gasteiger partial charge on any atom is -0.497 e. The number of Topliss-reactive ketones (excluding diaryl/α,β-unsaturated/α-hetero) is 2. The number of anilines is 1. The summed E-state index contributed by atoms with van der Waals surface area (Å²) in [6.07, 6.45) is -1.30. The van der Waals surface area contributed by atoms with Gasteiger partial charge < -0.3 is 9.47 Å². The van der Waals surface area contributed by atoms with Gasteiger partial charge in [-0.3, -0.25) is 19.2 Å². The Bertz CT molecular complexity index is 1400. The minimum absolute atomic E-state index is 0.00802. The van der Waals surface area contributed by atoms with E-state index in [1.807, 2.05) is 0 Å². The van der Waals surface area contributed by atoms with Crippen molar-refractivity contribution in [2.45, 2.75) is 11.7 Å². The Morgan fingerprint density at radius 1 is 0.829 bits per heavy atom. The Morgan fingerprint density at radius 2 is 1.43 bits per heavy atom. The molecule has 0 radical (unpaired) electrons. The molecule has 0 bridgehead atoms. The monoisotopic (exact) mass is 471 g/mol. The van der Waals surface area contributed by atoms with E-state index in [0.717, 1.165) is 4.90 Å². The van der Waals surface area contributed by atoms with Crippen molar-refractivity contribution in [1.29, 1.82) is 0 Å². The molecule has 35 heavy (non-hydrogen) atoms. The normalized spacial score (nSPS) is 24.3. The van der Waals surface area contributed by atoms with E-state index in [-0.39, 0.29) is 22.4 Å². The van der Waals surface area contributed by atoms with Gasteiger partial charge in [-0.1, -0.05) is 42.5 Å². The fraction of sp³-hybridized carbons (Fsp3) is 0.185. The van der Waals surface area contributed by atoms with Crippen LogP contribution in [0.3, 0.4) is 0 Å². The molecule has 0 aromatic heterocycles. The third-order valence-electron chi connectivity index (χ3n) is 7.06. The van der Waals surface area contributed by atoms with Crippen LogP contribution in [0.5, 0.6) is 5.75 Å². The summed E-state index contributed by atoms with van der Waals surface area (Å²) in [6, 6.07) is 18.1. The SMILES string of the molecule is COc1ccc(N2C(=O)[C@@H]3[C@@H](C2=O)C2(O[C@H]3c3ccccc3F)C(=O)c3ccccc3C2=O)cc1. The quantitative estimate of drug-likeness (QED) is 0.429. The number of ether oxygens (including phenoxy) is 2. The van der Waals surface area contributed by atoms with Crippen LogP contribution in [0.4, 0.5) is 10.1 Å². The molecule has 2 saturated heterocycles. The fourth-order valence-corrected chi connectivity index (χ4v) is 5.49. The summed E-state index contributed by atoms with van der Waals surface area (Å²) in [5.74, 6) is -5.61. The average Bonchev–Trinajstić information content (AvgIpc) is 3.44. The molecule has 6 rings (SSSR count). The topological polar surface area (TPSA) is 90.0 Å². The molecule has 3 aliphatic rings. The summed E-state index contributed by atoms with van der Waals surface area (Å²) in [5, 5.41) is 0. The van der Waals surface area contributed by atoms with Gasteiger partial charge in [0.05, 0.1) is 30.7 Å². The number of rotatable bonds is 3. The van der Waals surface area contributed by atoms with E-state index in [9.17, 15) is 23.6 Å². The van der Waals surface area contributed by atoms with Crippen molar-refractivity contribution in [3.05, 3.63) is 95.3 Å². The van der Waals surface area contributed by atoms with Gasteiger partial charge in [-0.15, -0.1) is 0 Å². The van der Waals surface area contributed by atoms with E-state index in [4.69, 9.17) is 9.47 Å². The van der Waals surface area contributed by atoms with Crippen LogP contribution in [-0.2, 0) is 14.3 Å². The zero-order valence-corrected chi connectivity index (χ0v) is 18.4. The Balaban J connectivity index is 1.54. The molecule has 1 spiro atoms. The van der Waals surface area contributed by atoms with E-state index < -0.39 is 52.7 Å². The number of nitrogens with zero attached hydrogens (tertiary/aromatic N) is 1. The molecule has 0 N–H and O–H groups in total. The molecule has 3 aromatic rings. The zero-order valence-electron chi connectivity index (χ0n) is 18.4. The summed E-state index contributed by atoms with van der Waals surface area (Å²) < 4.78 is 26.1. The van der Waals surface area contributed by atoms with Crippen molar-refractivity contribution in [2.24, 2.45) is 11.8 Å². The second kappa shape index (κ2) is 7.41. The van der Waals surface area contributed by atoms with Crippen LogP contribution >= 0.6 is 0 Å². The van der Waals surface area contributed by atoms with Gasteiger partial charge in [0.2, 0.25) is 29.0 Å². The summed E-state index contributed by atoms with van der Waals surface area (Å²) >= 11 is 0. The lowest BCUT2D eigenvalue weighted by Gasteiger charge is -2.27. The van der Waals surface area contributed by atoms with Crippen LogP contribution in [0.2, 0.25) is 0 Å². The molecule has 2 aliphatic heterocycles. The van der Waals surface area contributed by atoms with Gasteiger partial charge in [-0.05, 0) is 30.3 Å². The molecule has 7 nitrogen and oxygen atoms in total. The number of methoxy groups -OCH3 is 1. The minimum atomic E-state index is -2.24. The smallest absolute Gasteiger partial charge is 0.241 e. The van der Waals surface area contributed by atoms with Crippen LogP contribution in [0.25, 0.3) is 0 Å². The predicted octanol–water partition coefficient (Wildman–Crippen LogP) is 3.53. The first-order valence-electron chi connectivity index (χ1n) is 11.0. The van der Waals surface area contributed by atoms with Crippen LogP contribution in [0, 0.1) is 17.7 Å². The Morgan fingerprint density at radius 3 is 2.03 bits per heavy atom. The number of hydrogen-bond donors (Lipinski definition) is 0. The highest BCUT2D eigenvalue weighted by atomic mass is 19.1. The maximum atomic E-state index is 14.9. The molecule has 2 amide bonds. The van der Waals surface area contributed by atoms with Crippen molar-refractivity contribution in [3.8, 4) is 5.75 Å². The highest BCUT2D eigenvalue weighted by Crippen LogP contribution is 2.58. The lowest BCUT2D eigenvalue weighted by atomic mass is 9.77. The van der Waals surface area contributed by atoms with Gasteiger partial charge in [0.25, 0.3) is 0 Å². The maximum Gasteiger partial charge on any atom is 0.241 e. The highest BCUT2D eigenvalue weighted by molar-refractivity contribution is 6.37. The lowest BCUT2D eigenvalue weighted by molar-refractivity contribution is -0.127. The predicted molar refractivity (Wildman–Crippen MR) is 121 cm³/mol. The number of carbonyl (C=O) groups excluding carboxylic acids is 4. The molecule has 174 valence electrons. The van der Waals surface area contributed by atoms with E-state index in [1.54, 1.807) is 30.3 Å². The molecular weight excluding hydrogens is 453 g/mol. The third kappa shape index (κ3) is 2.68. The summed E-state index contributed by atoms with van der Waals surface area (Å²) in [5.41, 5.74) is -1.74. The number of fused-ring (bicyclic) bond motifs is 3. The van der Waals surface area contributed by atoms with E-state index in [0.29, 0.717) is 5.75 Å². The largest absolute Gasteiger partial charge is 0.497 e. The van der Waals surface area contributed by atoms with Gasteiger partial charge in [-0.25, -0.2) is 9.29 Å². The first-order chi connectivity index (χ1) is 16.9. The summed E-state index contributed by atoms with van der Waals surface area (Å²) in [6.45, 7) is 0. The Labute approximate surface area is 199 Å². The number of carbonyl (C=O) groups is 4. The van der Waals surface area contributed by atoms with Crippen molar-refractivity contribution in [2.75, 3.05) is 12.0 Å². The van der Waals surface area contributed by atoms with Gasteiger partial charge in [-0.2, -0.15) is 0 Å². The standard InChI is InChI=1S/C27H18FNO6/c1-34-15-12-10-14(11-13-15)29-25(32)20-21(26(29)33)27(35-22(20)18-8-4-5-9-19(18)28)23(30)16-6-2-3-7-17(16)24(27)31/h2-13,20-22H,1H3/t20-,21+,22+/m1/s1. The van der Waals surface area contributed by atoms with E-state index in [1.165, 1.54) is 49.6 Å². The number of benzene rings is 3. The maximum absolute atomic E-state index is 14.9. The van der Waals surface area contributed by atoms with Crippen LogP contribution in [0.1, 0.15) is 32.4 Å². The van der Waals surface area contributed by atoms with Gasteiger partial charge in [0.1, 0.15) is 11.6 Å². The second-order valence-electron chi connectivity index (χ2n) is 8.71. The van der Waals surface area contributed by atoms with Crippen LogP contribution < -0.4 is 9.64 Å². The van der Waals surface area contributed by atoms with Crippen molar-refractivity contribution in [1.82, 2.24) is 0 Å². The van der Waals surface area contributed by atoms with Crippen molar-refractivity contribution >= 4 is 29.1 Å². The molecule has 1 aliphatic carbocycles. The van der Waals surface area contributed by atoms with Gasteiger partial charge in [0, 0.05) is 16.7 Å². The molecular formula is C27H18FNO6. The number of halogens is 1. The number of hydrogen-bond acceptors (Lipinski definition) is 6. The number of amides is 2. The first-order valence-corrected chi connectivity index (χ1v) is 11.0.